The lowest BCUT2D eigenvalue weighted by Gasteiger charge is -2.15. The number of methoxy groups -OCH3 is 1. The monoisotopic (exact) mass is 284 g/mol. The van der Waals surface area contributed by atoms with E-state index in [-0.39, 0.29) is 5.78 Å². The summed E-state index contributed by atoms with van der Waals surface area (Å²) in [6.07, 6.45) is 0. The highest BCUT2D eigenvalue weighted by atomic mass is 16.5. The van der Waals surface area contributed by atoms with Crippen molar-refractivity contribution in [2.45, 2.75) is 13.5 Å². The van der Waals surface area contributed by atoms with Crippen molar-refractivity contribution in [2.24, 2.45) is 0 Å². The summed E-state index contributed by atoms with van der Waals surface area (Å²) in [6, 6.07) is 13.1. The fourth-order valence-corrected chi connectivity index (χ4v) is 2.13. The summed E-state index contributed by atoms with van der Waals surface area (Å²) in [5.41, 5.74) is 2.65. The number of Topliss-reactive ketones (excluding diaryl/α,β-unsaturated/α-hetero) is 1. The number of benzene rings is 1. The average molecular weight is 284 g/mol. The Balaban J connectivity index is 1.95. The van der Waals surface area contributed by atoms with Gasteiger partial charge in [-0.3, -0.25) is 14.7 Å². The highest BCUT2D eigenvalue weighted by Crippen LogP contribution is 2.12. The number of pyridine rings is 1. The molecule has 2 rings (SSSR count). The molecule has 0 aliphatic heterocycles. The molecule has 0 aliphatic rings. The molecule has 0 bridgehead atoms. The van der Waals surface area contributed by atoms with Crippen molar-refractivity contribution < 1.29 is 9.53 Å². The molecule has 110 valence electrons. The zero-order valence-corrected chi connectivity index (χ0v) is 12.7. The number of carbonyl (C=O) groups excluding carboxylic acids is 1. The minimum Gasteiger partial charge on any atom is -0.497 e. The van der Waals surface area contributed by atoms with Crippen LogP contribution in [0.15, 0.2) is 42.5 Å². The third-order valence-corrected chi connectivity index (χ3v) is 3.20. The second kappa shape index (κ2) is 6.99. The number of hydrogen-bond donors (Lipinski definition) is 0. The van der Waals surface area contributed by atoms with Crippen LogP contribution < -0.4 is 4.74 Å². The number of rotatable bonds is 6. The first-order valence-electron chi connectivity index (χ1n) is 6.87. The van der Waals surface area contributed by atoms with Crippen molar-refractivity contribution in [3.63, 3.8) is 0 Å². The molecule has 0 spiro atoms. The predicted octanol–water partition coefficient (Wildman–Crippen LogP) is 2.71. The molecule has 0 saturated carbocycles. The molecule has 1 heterocycles. The second-order valence-electron chi connectivity index (χ2n) is 5.09. The summed E-state index contributed by atoms with van der Waals surface area (Å²) in [5, 5.41) is 0. The quantitative estimate of drug-likeness (QED) is 0.765. The van der Waals surface area contributed by atoms with Crippen molar-refractivity contribution >= 4 is 5.78 Å². The Morgan fingerprint density at radius 3 is 2.52 bits per heavy atom. The van der Waals surface area contributed by atoms with Crippen LogP contribution in [0.2, 0.25) is 0 Å². The van der Waals surface area contributed by atoms with Gasteiger partial charge < -0.3 is 4.74 Å². The number of likely N-dealkylation sites (N-methyl/N-ethyl adjacent to an activating group) is 1. The maximum absolute atomic E-state index is 12.2. The Labute approximate surface area is 125 Å². The van der Waals surface area contributed by atoms with Crippen LogP contribution in [0.4, 0.5) is 0 Å². The van der Waals surface area contributed by atoms with E-state index in [9.17, 15) is 4.79 Å². The van der Waals surface area contributed by atoms with E-state index in [4.69, 9.17) is 4.74 Å². The molecule has 0 saturated heterocycles. The van der Waals surface area contributed by atoms with Gasteiger partial charge in [-0.05, 0) is 50.4 Å². The van der Waals surface area contributed by atoms with Crippen LogP contribution in [0.1, 0.15) is 21.7 Å². The number of nitrogens with zero attached hydrogens (tertiary/aromatic N) is 2. The molecular weight excluding hydrogens is 264 g/mol. The van der Waals surface area contributed by atoms with Gasteiger partial charge in [-0.1, -0.05) is 6.07 Å². The van der Waals surface area contributed by atoms with E-state index in [0.717, 1.165) is 17.1 Å². The number of hydrogen-bond acceptors (Lipinski definition) is 4. The molecule has 4 heteroatoms. The first kappa shape index (κ1) is 15.2. The van der Waals surface area contributed by atoms with Crippen molar-refractivity contribution in [2.75, 3.05) is 20.7 Å². The molecule has 1 aromatic heterocycles. The van der Waals surface area contributed by atoms with Crippen LogP contribution in [0.3, 0.4) is 0 Å². The van der Waals surface area contributed by atoms with Gasteiger partial charge in [0.15, 0.2) is 5.78 Å². The number of ether oxygens (including phenoxy) is 1. The van der Waals surface area contributed by atoms with Crippen molar-refractivity contribution in [3.8, 4) is 5.75 Å². The topological polar surface area (TPSA) is 42.4 Å². The molecule has 1 aromatic carbocycles. The van der Waals surface area contributed by atoms with Gasteiger partial charge in [-0.2, -0.15) is 0 Å². The smallest absolute Gasteiger partial charge is 0.176 e. The third kappa shape index (κ3) is 4.39. The van der Waals surface area contributed by atoms with Crippen LogP contribution in [0.5, 0.6) is 5.75 Å². The van der Waals surface area contributed by atoms with Crippen LogP contribution in [0.25, 0.3) is 0 Å². The Hall–Kier alpha value is -2.20. The van der Waals surface area contributed by atoms with Crippen molar-refractivity contribution in [3.05, 3.63) is 59.4 Å². The fourth-order valence-electron chi connectivity index (χ4n) is 2.13. The highest BCUT2D eigenvalue weighted by molar-refractivity contribution is 5.97. The standard InChI is InChI=1S/C17H20N2O2/c1-13-5-4-6-15(18-13)11-19(2)12-17(20)14-7-9-16(21-3)10-8-14/h4-10H,11-12H2,1-3H3. The first-order valence-corrected chi connectivity index (χ1v) is 6.87. The van der Waals surface area contributed by atoms with E-state index in [2.05, 4.69) is 4.98 Å². The molecule has 2 aromatic rings. The van der Waals surface area contributed by atoms with Crippen LogP contribution in [0, 0.1) is 6.92 Å². The summed E-state index contributed by atoms with van der Waals surface area (Å²) in [6.45, 7) is 2.98. The van der Waals surface area contributed by atoms with Crippen LogP contribution >= 0.6 is 0 Å². The van der Waals surface area contributed by atoms with E-state index < -0.39 is 0 Å². The maximum Gasteiger partial charge on any atom is 0.176 e. The summed E-state index contributed by atoms with van der Waals surface area (Å²) in [7, 11) is 3.53. The third-order valence-electron chi connectivity index (χ3n) is 3.20. The minimum absolute atomic E-state index is 0.0906. The van der Waals surface area contributed by atoms with Gasteiger partial charge >= 0.3 is 0 Å². The zero-order valence-electron chi connectivity index (χ0n) is 12.7. The van der Waals surface area contributed by atoms with E-state index in [1.165, 1.54) is 0 Å². The van der Waals surface area contributed by atoms with Gasteiger partial charge in [-0.25, -0.2) is 0 Å². The number of aromatic nitrogens is 1. The van der Waals surface area contributed by atoms with Crippen molar-refractivity contribution in [1.82, 2.24) is 9.88 Å². The molecule has 0 N–H and O–H groups in total. The number of carbonyl (C=O) groups is 1. The lowest BCUT2D eigenvalue weighted by Crippen LogP contribution is -2.26. The van der Waals surface area contributed by atoms with Crippen molar-refractivity contribution in [1.29, 1.82) is 0 Å². The lowest BCUT2D eigenvalue weighted by atomic mass is 10.1. The average Bonchev–Trinajstić information content (AvgIpc) is 2.47. The van der Waals surface area contributed by atoms with E-state index in [1.807, 2.05) is 37.1 Å². The summed E-state index contributed by atoms with van der Waals surface area (Å²) >= 11 is 0. The minimum atomic E-state index is 0.0906. The molecule has 0 unspecified atom stereocenters. The Morgan fingerprint density at radius 2 is 1.90 bits per heavy atom. The number of ketones is 1. The Kier molecular flexibility index (Phi) is 5.06. The second-order valence-corrected chi connectivity index (χ2v) is 5.09. The highest BCUT2D eigenvalue weighted by Gasteiger charge is 2.10. The largest absolute Gasteiger partial charge is 0.497 e. The fraction of sp³-hybridized carbons (Fsp3) is 0.294. The summed E-state index contributed by atoms with van der Waals surface area (Å²) in [4.78, 5) is 18.6. The molecule has 0 atom stereocenters. The van der Waals surface area contributed by atoms with Gasteiger partial charge in [0.1, 0.15) is 5.75 Å². The SMILES string of the molecule is COc1ccc(C(=O)CN(C)Cc2cccc(C)n2)cc1. The van der Waals surface area contributed by atoms with E-state index >= 15 is 0 Å². The van der Waals surface area contributed by atoms with Gasteiger partial charge in [0, 0.05) is 17.8 Å². The molecule has 4 nitrogen and oxygen atoms in total. The van der Waals surface area contributed by atoms with Gasteiger partial charge in [-0.15, -0.1) is 0 Å². The predicted molar refractivity (Wildman–Crippen MR) is 82.6 cm³/mol. The molecule has 0 amide bonds. The van der Waals surface area contributed by atoms with Crippen LogP contribution in [-0.2, 0) is 6.54 Å². The molecular formula is C17H20N2O2. The zero-order chi connectivity index (χ0) is 15.2. The Bertz CT molecular complexity index is 608. The maximum atomic E-state index is 12.2. The Morgan fingerprint density at radius 1 is 1.19 bits per heavy atom. The molecule has 21 heavy (non-hydrogen) atoms. The lowest BCUT2D eigenvalue weighted by molar-refractivity contribution is 0.0942. The molecule has 0 radical (unpaired) electrons. The summed E-state index contributed by atoms with van der Waals surface area (Å²) < 4.78 is 5.09. The van der Waals surface area contributed by atoms with Gasteiger partial charge in [0.2, 0.25) is 0 Å². The molecule has 0 fully saturated rings. The number of aryl methyl sites for hydroxylation is 1. The molecule has 0 aliphatic carbocycles. The van der Waals surface area contributed by atoms with Crippen LogP contribution in [-0.4, -0.2) is 36.4 Å². The van der Waals surface area contributed by atoms with E-state index in [0.29, 0.717) is 18.7 Å². The normalized spacial score (nSPS) is 10.7. The summed E-state index contributed by atoms with van der Waals surface area (Å²) in [5.74, 6) is 0.844. The van der Waals surface area contributed by atoms with Gasteiger partial charge in [0.25, 0.3) is 0 Å². The van der Waals surface area contributed by atoms with E-state index in [1.54, 1.807) is 31.4 Å². The first-order chi connectivity index (χ1) is 10.1. The van der Waals surface area contributed by atoms with Gasteiger partial charge in [0.05, 0.1) is 19.3 Å².